The van der Waals surface area contributed by atoms with Crippen molar-refractivity contribution >= 4 is 120 Å². The van der Waals surface area contributed by atoms with Gasteiger partial charge in [-0.1, -0.05) is 279 Å². The van der Waals surface area contributed by atoms with Gasteiger partial charge >= 0.3 is 0 Å². The quantitative estimate of drug-likeness (QED) is 0.123. The van der Waals surface area contributed by atoms with Crippen molar-refractivity contribution in [3.8, 4) is 124 Å². The summed E-state index contributed by atoms with van der Waals surface area (Å²) in [5.74, 6) is 1.18. The lowest BCUT2D eigenvalue weighted by Crippen LogP contribution is -1.96. The smallest absolute Gasteiger partial charge is 0.161 e. The fraction of sp³-hybridized carbons (Fsp3) is 0. The molecule has 10 nitrogen and oxygen atoms in total. The molecule has 0 aliphatic heterocycles. The minimum Gasteiger partial charge on any atom is -0.456 e. The van der Waals surface area contributed by atoms with E-state index in [0.717, 1.165) is 232 Å². The van der Waals surface area contributed by atoms with Gasteiger partial charge in [0.15, 0.2) is 22.8 Å². The highest BCUT2D eigenvalue weighted by Gasteiger charge is 2.24. The standard InChI is InChI=1S/C102H58N6O4/c1-2-19-61(20-3-1)84-57-85(62-45-41-59(42-46-62)73-33-16-35-78-75-25-8-11-37-88(75)110-97(73)78)104-102(103-84)71-24-15-23-70(56-71)94-77-27-5-7-29-80(77)100-96(108-94)83-36-17-34-74(98(83)112-100)60-43-47-63(48-44-60)101-105-86(67-21-14-22-69(55-67)93-76-26-4-6-28-79(76)99-95(107-93)82-31-10-13-39-90(82)111-99)58-87(106-101)68-52-50-64-53-66(51-49-65(64)54-68)72-32-18-40-91-92(72)81-30-9-12-38-89(81)109-91/h1-58H. The van der Waals surface area contributed by atoms with Crippen LogP contribution < -0.4 is 0 Å². The van der Waals surface area contributed by atoms with Gasteiger partial charge in [-0.25, -0.2) is 29.9 Å². The molecular formula is C102H58N6O4. The van der Waals surface area contributed by atoms with Crippen LogP contribution in [0.5, 0.6) is 0 Å². The molecule has 0 saturated carbocycles. The molecule has 0 unspecified atom stereocenters. The topological polar surface area (TPSA) is 130 Å². The Morgan fingerprint density at radius 3 is 1.21 bits per heavy atom. The second-order valence-electron chi connectivity index (χ2n) is 28.7. The van der Waals surface area contributed by atoms with Crippen molar-refractivity contribution in [1.29, 1.82) is 0 Å². The summed E-state index contributed by atoms with van der Waals surface area (Å²) in [7, 11) is 0. The van der Waals surface area contributed by atoms with Crippen LogP contribution in [0.2, 0.25) is 0 Å². The number of nitrogens with zero attached hydrogens (tertiary/aromatic N) is 6. The van der Waals surface area contributed by atoms with Crippen LogP contribution in [0.4, 0.5) is 0 Å². The van der Waals surface area contributed by atoms with Crippen LogP contribution in [0.1, 0.15) is 0 Å². The summed E-state index contributed by atoms with van der Waals surface area (Å²) >= 11 is 0. The minimum atomic E-state index is 0.583. The molecule has 0 N–H and O–H groups in total. The van der Waals surface area contributed by atoms with Gasteiger partial charge in [0.05, 0.1) is 34.2 Å². The normalized spacial score (nSPS) is 11.9. The maximum Gasteiger partial charge on any atom is 0.161 e. The number of rotatable bonds is 11. The first kappa shape index (κ1) is 62.9. The number of para-hydroxylation sites is 5. The maximum absolute atomic E-state index is 7.12. The van der Waals surface area contributed by atoms with E-state index in [4.69, 9.17) is 47.6 Å². The van der Waals surface area contributed by atoms with Gasteiger partial charge in [0.1, 0.15) is 44.5 Å². The van der Waals surface area contributed by atoms with Crippen LogP contribution in [-0.2, 0) is 0 Å². The molecule has 112 heavy (non-hydrogen) atoms. The largest absolute Gasteiger partial charge is 0.456 e. The van der Waals surface area contributed by atoms with Gasteiger partial charge in [0, 0.05) is 109 Å². The first-order chi connectivity index (χ1) is 55.4. The van der Waals surface area contributed by atoms with Crippen molar-refractivity contribution in [2.45, 2.75) is 0 Å². The molecule has 0 bridgehead atoms. The molecule has 0 radical (unpaired) electrons. The second kappa shape index (κ2) is 25.2. The van der Waals surface area contributed by atoms with Gasteiger partial charge in [-0.05, 0) is 106 Å². The average Bonchev–Trinajstić information content (AvgIpc) is 1.57. The highest BCUT2D eigenvalue weighted by Crippen LogP contribution is 2.46. The number of furan rings is 4. The number of hydrogen-bond donors (Lipinski definition) is 0. The lowest BCUT2D eigenvalue weighted by molar-refractivity contribution is 0.669. The van der Waals surface area contributed by atoms with E-state index >= 15 is 0 Å². The van der Waals surface area contributed by atoms with Crippen LogP contribution >= 0.6 is 0 Å². The molecule has 0 spiro atoms. The highest BCUT2D eigenvalue weighted by molar-refractivity contribution is 6.20. The van der Waals surface area contributed by atoms with Crippen molar-refractivity contribution in [1.82, 2.24) is 29.9 Å². The van der Waals surface area contributed by atoms with Crippen molar-refractivity contribution in [3.63, 3.8) is 0 Å². The lowest BCUT2D eigenvalue weighted by atomic mass is 9.96. The van der Waals surface area contributed by atoms with Crippen molar-refractivity contribution in [2.75, 3.05) is 0 Å². The summed E-state index contributed by atoms with van der Waals surface area (Å²) in [4.78, 5) is 32.5. The van der Waals surface area contributed by atoms with Crippen LogP contribution in [0.3, 0.4) is 0 Å². The van der Waals surface area contributed by atoms with E-state index in [1.54, 1.807) is 0 Å². The summed E-state index contributed by atoms with van der Waals surface area (Å²) in [6.07, 6.45) is 0. The SMILES string of the molecule is c1ccc(-c2cc(-c3ccc(-c4cccc5c4oc4ccccc45)cc3)nc(-c3cccc(-c4nc5c6cccc(-c7ccc(-c8nc(-c9cccc(-c%10nc%11c%12ccccc%12oc%11c%11ccccc%10%11)c9)cc(-c9ccc%10cc(-c%11cccc%12oc%13ccccc%13c%11%12)ccc%10c9)n8)cc7)c6oc5c5ccccc45)c3)n2)cc1. The van der Waals surface area contributed by atoms with Gasteiger partial charge in [0.25, 0.3) is 0 Å². The van der Waals surface area contributed by atoms with Crippen molar-refractivity contribution < 1.29 is 17.7 Å². The number of pyridine rings is 2. The molecule has 15 aromatic carbocycles. The molecule has 8 aromatic heterocycles. The fourth-order valence-electron chi connectivity index (χ4n) is 16.7. The third-order valence-corrected chi connectivity index (χ3v) is 22.1. The van der Waals surface area contributed by atoms with E-state index in [1.807, 2.05) is 66.7 Å². The third-order valence-electron chi connectivity index (χ3n) is 22.1. The van der Waals surface area contributed by atoms with Crippen LogP contribution in [-0.4, -0.2) is 29.9 Å². The Labute approximate surface area is 639 Å². The van der Waals surface area contributed by atoms with E-state index in [0.29, 0.717) is 11.6 Å². The monoisotopic (exact) mass is 1430 g/mol. The molecule has 23 rings (SSSR count). The molecule has 0 saturated heterocycles. The summed E-state index contributed by atoms with van der Waals surface area (Å²) in [5.41, 5.74) is 26.7. The van der Waals surface area contributed by atoms with Gasteiger partial charge < -0.3 is 17.7 Å². The Morgan fingerprint density at radius 1 is 0.179 bits per heavy atom. The molecule has 0 aliphatic carbocycles. The molecule has 10 heteroatoms. The molecule has 0 aliphatic rings. The molecule has 0 atom stereocenters. The van der Waals surface area contributed by atoms with Crippen LogP contribution in [0, 0.1) is 0 Å². The maximum atomic E-state index is 7.12. The molecule has 23 aromatic rings. The predicted molar refractivity (Wildman–Crippen MR) is 455 cm³/mol. The van der Waals surface area contributed by atoms with E-state index in [1.165, 1.54) is 0 Å². The number of aromatic nitrogens is 6. The van der Waals surface area contributed by atoms with Crippen LogP contribution in [0.25, 0.3) is 244 Å². The zero-order chi connectivity index (χ0) is 73.5. The van der Waals surface area contributed by atoms with Gasteiger partial charge in [-0.2, -0.15) is 0 Å². The van der Waals surface area contributed by atoms with Gasteiger partial charge in [-0.3, -0.25) is 0 Å². The Hall–Kier alpha value is -15.3. The number of hydrogen-bond acceptors (Lipinski definition) is 10. The third kappa shape index (κ3) is 10.3. The second-order valence-corrected chi connectivity index (χ2v) is 28.7. The zero-order valence-corrected chi connectivity index (χ0v) is 59.8. The lowest BCUT2D eigenvalue weighted by Gasteiger charge is -2.12. The van der Waals surface area contributed by atoms with Gasteiger partial charge in [-0.15, -0.1) is 0 Å². The summed E-state index contributed by atoms with van der Waals surface area (Å²) < 4.78 is 26.4. The molecule has 0 amide bonds. The Morgan fingerprint density at radius 2 is 0.554 bits per heavy atom. The first-order valence-corrected chi connectivity index (χ1v) is 37.5. The minimum absolute atomic E-state index is 0.583. The molecule has 0 fully saturated rings. The van der Waals surface area contributed by atoms with Crippen molar-refractivity contribution in [3.05, 3.63) is 352 Å². The molecular weight excluding hydrogens is 1370 g/mol. The predicted octanol–water partition coefficient (Wildman–Crippen LogP) is 27.5. The Bertz CT molecular complexity index is 7830. The Balaban J connectivity index is 0.608. The summed E-state index contributed by atoms with van der Waals surface area (Å²) in [5, 5.41) is 12.4. The highest BCUT2D eigenvalue weighted by atomic mass is 16.3. The fourth-order valence-corrected chi connectivity index (χ4v) is 16.7. The van der Waals surface area contributed by atoms with Crippen molar-refractivity contribution in [2.24, 2.45) is 0 Å². The number of benzene rings is 15. The Kier molecular flexibility index (Phi) is 14.1. The molecule has 520 valence electrons. The first-order valence-electron chi connectivity index (χ1n) is 37.5. The zero-order valence-electron chi connectivity index (χ0n) is 59.8. The number of fused-ring (bicyclic) bond motifs is 17. The van der Waals surface area contributed by atoms with E-state index in [-0.39, 0.29) is 0 Å². The van der Waals surface area contributed by atoms with Gasteiger partial charge in [0.2, 0.25) is 0 Å². The summed E-state index contributed by atoms with van der Waals surface area (Å²) in [6, 6.07) is 122. The average molecular weight is 1430 g/mol. The molecule has 8 heterocycles. The van der Waals surface area contributed by atoms with E-state index < -0.39 is 0 Å². The van der Waals surface area contributed by atoms with Crippen LogP contribution in [0.15, 0.2) is 370 Å². The van der Waals surface area contributed by atoms with E-state index in [2.05, 4.69) is 285 Å². The van der Waals surface area contributed by atoms with E-state index in [9.17, 15) is 0 Å². The summed E-state index contributed by atoms with van der Waals surface area (Å²) in [6.45, 7) is 0.